The zero-order chi connectivity index (χ0) is 21.5. The number of hydrogen-bond donors (Lipinski definition) is 1. The van der Waals surface area contributed by atoms with Gasteiger partial charge in [0.25, 0.3) is 0 Å². The van der Waals surface area contributed by atoms with E-state index in [0.717, 1.165) is 44.8 Å². The summed E-state index contributed by atoms with van der Waals surface area (Å²) in [4.78, 5) is 29.0. The summed E-state index contributed by atoms with van der Waals surface area (Å²) in [6, 6.07) is 6.62. The highest BCUT2D eigenvalue weighted by Gasteiger charge is 2.32. The molecule has 0 unspecified atom stereocenters. The number of nitrogens with one attached hydrogen (secondary N) is 1. The van der Waals surface area contributed by atoms with Crippen molar-refractivity contribution in [1.29, 1.82) is 0 Å². The third-order valence-electron chi connectivity index (χ3n) is 6.47. The number of likely N-dealkylation sites (tertiary alicyclic amines) is 1. The van der Waals surface area contributed by atoms with Crippen molar-refractivity contribution < 1.29 is 28.7 Å². The van der Waals surface area contributed by atoms with Crippen LogP contribution in [-0.2, 0) is 14.3 Å². The molecule has 0 radical (unpaired) electrons. The molecule has 0 aromatic heterocycles. The van der Waals surface area contributed by atoms with Crippen LogP contribution in [0, 0.1) is 17.7 Å². The minimum Gasteiger partial charge on any atom is -0.550 e. The van der Waals surface area contributed by atoms with Crippen LogP contribution in [0.15, 0.2) is 24.3 Å². The van der Waals surface area contributed by atoms with Crippen LogP contribution < -0.4 is 14.9 Å². The van der Waals surface area contributed by atoms with Crippen molar-refractivity contribution in [1.82, 2.24) is 4.90 Å². The molecule has 0 spiro atoms. The Morgan fingerprint density at radius 3 is 2.50 bits per heavy atom. The lowest BCUT2D eigenvalue weighted by atomic mass is 9.81. The van der Waals surface area contributed by atoms with E-state index in [4.69, 9.17) is 4.74 Å². The molecule has 3 rings (SSSR count). The van der Waals surface area contributed by atoms with Crippen LogP contribution in [0.4, 0.5) is 10.1 Å². The first kappa shape index (κ1) is 22.5. The van der Waals surface area contributed by atoms with E-state index in [1.54, 1.807) is 0 Å². The van der Waals surface area contributed by atoms with Gasteiger partial charge in [-0.1, -0.05) is 0 Å². The first-order chi connectivity index (χ1) is 14.5. The molecule has 1 N–H and O–H groups in total. The predicted octanol–water partition coefficient (Wildman–Crippen LogP) is -0.828. The number of ether oxygens (including phenoxy) is 1. The monoisotopic (exact) mass is 421 g/mol. The molecule has 1 amide bonds. The molecule has 8 heteroatoms. The maximum Gasteiger partial charge on any atom is 0.248 e. The number of anilines is 1. The van der Waals surface area contributed by atoms with Crippen LogP contribution >= 0.6 is 0 Å². The third-order valence-corrected chi connectivity index (χ3v) is 6.47. The molecular formula is C22H32FN3O4. The van der Waals surface area contributed by atoms with Crippen LogP contribution in [-0.4, -0.2) is 76.3 Å². The number of amides is 1. The average molecular weight is 422 g/mol. The van der Waals surface area contributed by atoms with Crippen LogP contribution in [0.5, 0.6) is 0 Å². The van der Waals surface area contributed by atoms with Gasteiger partial charge in [-0.3, -0.25) is 4.79 Å². The Bertz CT molecular complexity index is 707. The molecule has 2 heterocycles. The molecule has 1 aromatic carbocycles. The van der Waals surface area contributed by atoms with Gasteiger partial charge in [0.05, 0.1) is 32.7 Å². The Morgan fingerprint density at radius 2 is 1.87 bits per heavy atom. The smallest absolute Gasteiger partial charge is 0.248 e. The Hall–Kier alpha value is -2.19. The number of piperazine rings is 1. The Labute approximate surface area is 177 Å². The number of carbonyl (C=O) groups is 2. The number of hydrogen-bond acceptors (Lipinski definition) is 5. The second-order valence-corrected chi connectivity index (χ2v) is 8.41. The quantitative estimate of drug-likeness (QED) is 0.593. The van der Waals surface area contributed by atoms with E-state index in [0.29, 0.717) is 19.5 Å². The average Bonchev–Trinajstić information content (AvgIpc) is 2.74. The van der Waals surface area contributed by atoms with E-state index in [-0.39, 0.29) is 36.6 Å². The summed E-state index contributed by atoms with van der Waals surface area (Å²) in [5.74, 6) is -1.04. The van der Waals surface area contributed by atoms with Gasteiger partial charge in [-0.25, -0.2) is 4.39 Å². The zero-order valence-corrected chi connectivity index (χ0v) is 17.6. The summed E-state index contributed by atoms with van der Waals surface area (Å²) in [5, 5.41) is 11.2. The van der Waals surface area contributed by atoms with Crippen LogP contribution in [0.2, 0.25) is 0 Å². The molecule has 166 valence electrons. The minimum absolute atomic E-state index is 0.0327. The number of aliphatic carboxylic acids is 1. The van der Waals surface area contributed by atoms with Gasteiger partial charge in [-0.05, 0) is 48.9 Å². The van der Waals surface area contributed by atoms with E-state index < -0.39 is 5.97 Å². The molecule has 2 saturated heterocycles. The molecule has 7 nitrogen and oxygen atoms in total. The maximum atomic E-state index is 13.1. The summed E-state index contributed by atoms with van der Waals surface area (Å²) in [6.07, 6.45) is 1.65. The number of carbonyl (C=O) groups excluding carboxylic acids is 2. The lowest BCUT2D eigenvalue weighted by Crippen LogP contribution is -3.15. The third kappa shape index (κ3) is 6.15. The Morgan fingerprint density at radius 1 is 1.17 bits per heavy atom. The largest absolute Gasteiger partial charge is 0.550 e. The molecule has 0 saturated carbocycles. The lowest BCUT2D eigenvalue weighted by molar-refractivity contribution is -0.901. The number of carboxylic acid groups (broad SMARTS) is 1. The van der Waals surface area contributed by atoms with Crippen molar-refractivity contribution in [2.75, 3.05) is 64.4 Å². The number of carboxylic acids is 1. The Balaban J connectivity index is 1.50. The standard InChI is InChI=1S/C22H32FN3O4/c1-30-16-21(27)26-9-7-17(14-22(28)29)18(15-26)6-8-24-10-12-25(13-11-24)20-4-2-19(23)3-5-20/h2-5,17-18H,6-16H2,1H3,(H,28,29)/t17-,18-/m0/s1. The van der Waals surface area contributed by atoms with Crippen LogP contribution in [0.3, 0.4) is 0 Å². The first-order valence-electron chi connectivity index (χ1n) is 10.8. The van der Waals surface area contributed by atoms with Gasteiger partial charge in [0.1, 0.15) is 12.4 Å². The molecule has 0 aliphatic carbocycles. The van der Waals surface area contributed by atoms with Crippen molar-refractivity contribution in [3.63, 3.8) is 0 Å². The normalized spacial score (nSPS) is 22.9. The number of rotatable bonds is 8. The molecule has 2 aliphatic heterocycles. The molecule has 2 aliphatic rings. The van der Waals surface area contributed by atoms with E-state index >= 15 is 0 Å². The van der Waals surface area contributed by atoms with Crippen LogP contribution in [0.1, 0.15) is 19.3 Å². The number of halogens is 1. The molecule has 2 atom stereocenters. The van der Waals surface area contributed by atoms with Gasteiger partial charge in [-0.15, -0.1) is 0 Å². The topological polar surface area (TPSA) is 77.3 Å². The van der Waals surface area contributed by atoms with E-state index in [1.165, 1.54) is 24.1 Å². The minimum atomic E-state index is -1.01. The fourth-order valence-electron chi connectivity index (χ4n) is 4.70. The number of piperidine rings is 1. The van der Waals surface area contributed by atoms with E-state index in [1.807, 2.05) is 17.0 Å². The van der Waals surface area contributed by atoms with Gasteiger partial charge in [0, 0.05) is 38.3 Å². The van der Waals surface area contributed by atoms with Gasteiger partial charge in [0.2, 0.25) is 5.91 Å². The second-order valence-electron chi connectivity index (χ2n) is 8.41. The highest BCUT2D eigenvalue weighted by Crippen LogP contribution is 2.28. The first-order valence-corrected chi connectivity index (χ1v) is 10.8. The summed E-state index contributed by atoms with van der Waals surface area (Å²) in [5.41, 5.74) is 1.05. The molecule has 2 fully saturated rings. The number of quaternary nitrogens is 1. The fourth-order valence-corrected chi connectivity index (χ4v) is 4.70. The summed E-state index contributed by atoms with van der Waals surface area (Å²) in [6.45, 7) is 5.99. The van der Waals surface area contributed by atoms with Crippen molar-refractivity contribution in [2.45, 2.75) is 19.3 Å². The van der Waals surface area contributed by atoms with Crippen molar-refractivity contribution in [2.24, 2.45) is 11.8 Å². The highest BCUT2D eigenvalue weighted by atomic mass is 19.1. The van der Waals surface area contributed by atoms with Crippen molar-refractivity contribution >= 4 is 17.6 Å². The van der Waals surface area contributed by atoms with E-state index in [9.17, 15) is 19.1 Å². The van der Waals surface area contributed by atoms with Crippen molar-refractivity contribution in [3.8, 4) is 0 Å². The fraction of sp³-hybridized carbons (Fsp3) is 0.636. The molecule has 1 aromatic rings. The predicted molar refractivity (Wildman–Crippen MR) is 108 cm³/mol. The van der Waals surface area contributed by atoms with Gasteiger partial charge in [-0.2, -0.15) is 0 Å². The van der Waals surface area contributed by atoms with Gasteiger partial charge < -0.3 is 29.3 Å². The Kier molecular flexibility index (Phi) is 8.04. The zero-order valence-electron chi connectivity index (χ0n) is 17.6. The number of benzene rings is 1. The van der Waals surface area contributed by atoms with Gasteiger partial charge >= 0.3 is 0 Å². The van der Waals surface area contributed by atoms with Crippen molar-refractivity contribution in [3.05, 3.63) is 30.1 Å². The maximum absolute atomic E-state index is 13.1. The SMILES string of the molecule is COCC(=O)N1CC[C@@H](CC(=O)[O-])[C@@H](CC[NH+]2CCN(c3ccc(F)cc3)CC2)C1. The second kappa shape index (κ2) is 10.7. The molecular weight excluding hydrogens is 389 g/mol. The number of methoxy groups -OCH3 is 1. The summed E-state index contributed by atoms with van der Waals surface area (Å²) >= 11 is 0. The molecule has 0 bridgehead atoms. The summed E-state index contributed by atoms with van der Waals surface area (Å²) in [7, 11) is 1.51. The molecule has 30 heavy (non-hydrogen) atoms. The van der Waals surface area contributed by atoms with Gasteiger partial charge in [0.15, 0.2) is 0 Å². The lowest BCUT2D eigenvalue weighted by Gasteiger charge is -2.40. The van der Waals surface area contributed by atoms with E-state index in [2.05, 4.69) is 4.90 Å². The highest BCUT2D eigenvalue weighted by molar-refractivity contribution is 5.77. The number of nitrogens with zero attached hydrogens (tertiary/aromatic N) is 2. The summed E-state index contributed by atoms with van der Waals surface area (Å²) < 4.78 is 18.1. The van der Waals surface area contributed by atoms with Crippen LogP contribution in [0.25, 0.3) is 0 Å².